The van der Waals surface area contributed by atoms with E-state index >= 15 is 0 Å². The van der Waals surface area contributed by atoms with Crippen molar-refractivity contribution >= 4 is 55.5 Å². The second-order valence-electron chi connectivity index (χ2n) is 16.3. The van der Waals surface area contributed by atoms with E-state index in [0.717, 1.165) is 49.8 Å². The highest BCUT2D eigenvalue weighted by Crippen LogP contribution is 2.29. The second kappa shape index (κ2) is 22.0. The molecule has 10 aromatic rings. The molecule has 13 heteroatoms. The summed E-state index contributed by atoms with van der Waals surface area (Å²) < 4.78 is 10.5. The zero-order chi connectivity index (χ0) is 48.3. The third kappa shape index (κ3) is 11.1. The number of carbonyl (C=O) groups excluding carboxylic acids is 1. The SMILES string of the molecule is COc1cccc(-c2cc(C(=O)N[C@@H](CO)Cc3c[nH]c4ccccc34)c3ccccc3n2)c1.COc1cccc(-c2cc(C(=O)O)c3ccccc3n2)c1.N[C@@H](CO)Cc1c[nH]c2ccccc12. The second-order valence-corrected chi connectivity index (χ2v) is 16.3. The Morgan fingerprint density at radius 1 is 0.580 bits per heavy atom. The van der Waals surface area contributed by atoms with Crippen molar-refractivity contribution in [2.45, 2.75) is 24.9 Å². The third-order valence-corrected chi connectivity index (χ3v) is 11.7. The molecule has 8 N–H and O–H groups in total. The van der Waals surface area contributed by atoms with Crippen LogP contribution in [0.4, 0.5) is 0 Å². The molecule has 1 amide bonds. The number of carboxylic acid groups (broad SMARTS) is 1. The summed E-state index contributed by atoms with van der Waals surface area (Å²) in [5, 5.41) is 35.0. The van der Waals surface area contributed by atoms with Crippen LogP contribution in [0.5, 0.6) is 11.5 Å². The van der Waals surface area contributed by atoms with Gasteiger partial charge in [0.25, 0.3) is 5.91 Å². The van der Waals surface area contributed by atoms with Gasteiger partial charge in [-0.3, -0.25) is 4.79 Å². The summed E-state index contributed by atoms with van der Waals surface area (Å²) in [6.07, 6.45) is 5.11. The first-order valence-electron chi connectivity index (χ1n) is 22.4. The molecule has 0 saturated carbocycles. The summed E-state index contributed by atoms with van der Waals surface area (Å²) in [5.41, 5.74) is 15.2. The van der Waals surface area contributed by atoms with Gasteiger partial charge >= 0.3 is 5.97 Å². The standard InChI is InChI=1S/C28H25N3O3.C17H13NO3.C11H14N2O/c1-34-21-8-6-7-18(14-21)27-15-24(23-10-3-5-12-26(23)31-27)28(33)30-20(17-32)13-19-16-29-25-11-4-2-9-22(19)25;1-21-12-6-4-5-11(9-12)16-10-14(17(19)20)13-7-2-3-8-15(13)18-16;12-9(7-14)5-8-6-13-11-4-2-1-3-10(8)11/h2-12,14-16,20,29,32H,13,17H2,1H3,(H,30,33);2-10H,1H3,(H,19,20);1-4,6,9,13-14H,5,7,12H2/t20-;;9-/m1.1/s1. The van der Waals surface area contributed by atoms with Crippen molar-refractivity contribution in [1.82, 2.24) is 25.3 Å². The number of para-hydroxylation sites is 4. The molecule has 69 heavy (non-hydrogen) atoms. The number of carbonyl (C=O) groups is 2. The molecule has 10 rings (SSSR count). The van der Waals surface area contributed by atoms with Crippen LogP contribution in [0, 0.1) is 0 Å². The first-order valence-corrected chi connectivity index (χ1v) is 22.4. The number of H-pyrrole nitrogens is 2. The fraction of sp³-hybridized carbons (Fsp3) is 0.143. The molecule has 0 aliphatic carbocycles. The van der Waals surface area contributed by atoms with Crippen LogP contribution >= 0.6 is 0 Å². The molecule has 0 aliphatic rings. The predicted molar refractivity (Wildman–Crippen MR) is 272 cm³/mol. The number of rotatable bonds is 13. The van der Waals surface area contributed by atoms with Crippen LogP contribution in [0.3, 0.4) is 0 Å². The Balaban J connectivity index is 0.000000155. The number of aromatic carboxylic acids is 1. The number of nitrogens with two attached hydrogens (primary N) is 1. The number of fused-ring (bicyclic) bond motifs is 4. The monoisotopic (exact) mass is 920 g/mol. The highest BCUT2D eigenvalue weighted by Gasteiger charge is 2.20. The lowest BCUT2D eigenvalue weighted by molar-refractivity contribution is 0.0698. The van der Waals surface area contributed by atoms with E-state index in [1.807, 2.05) is 146 Å². The maximum Gasteiger partial charge on any atom is 0.336 e. The summed E-state index contributed by atoms with van der Waals surface area (Å²) in [4.78, 5) is 40.7. The lowest BCUT2D eigenvalue weighted by atomic mass is 10.0. The van der Waals surface area contributed by atoms with E-state index in [1.165, 1.54) is 10.9 Å². The summed E-state index contributed by atoms with van der Waals surface area (Å²) in [6, 6.07) is 48.7. The average Bonchev–Trinajstić information content (AvgIpc) is 4.01. The summed E-state index contributed by atoms with van der Waals surface area (Å²) >= 11 is 0. The van der Waals surface area contributed by atoms with Crippen molar-refractivity contribution in [2.24, 2.45) is 5.73 Å². The number of benzene rings is 6. The molecular formula is C56H52N6O7. The van der Waals surface area contributed by atoms with Gasteiger partial charge in [0.1, 0.15) is 11.5 Å². The van der Waals surface area contributed by atoms with E-state index in [0.29, 0.717) is 46.4 Å². The van der Waals surface area contributed by atoms with Gasteiger partial charge in [0.05, 0.1) is 67.0 Å². The molecule has 0 radical (unpaired) electrons. The number of ether oxygens (including phenoxy) is 2. The predicted octanol–water partition coefficient (Wildman–Crippen LogP) is 9.36. The molecule has 4 aromatic heterocycles. The minimum Gasteiger partial charge on any atom is -0.497 e. The van der Waals surface area contributed by atoms with Crippen molar-refractivity contribution in [2.75, 3.05) is 27.4 Å². The van der Waals surface area contributed by atoms with Gasteiger partial charge < -0.3 is 45.8 Å². The molecular weight excluding hydrogens is 869 g/mol. The number of amides is 1. The molecule has 6 aromatic carbocycles. The Hall–Kier alpha value is -8.36. The van der Waals surface area contributed by atoms with E-state index in [4.69, 9.17) is 25.3 Å². The Morgan fingerprint density at radius 3 is 1.54 bits per heavy atom. The average molecular weight is 921 g/mol. The molecule has 348 valence electrons. The molecule has 2 atom stereocenters. The Labute approximate surface area is 398 Å². The number of aliphatic hydroxyl groups excluding tert-OH is 2. The minimum absolute atomic E-state index is 0.0273. The number of nitrogens with one attached hydrogen (secondary N) is 3. The highest BCUT2D eigenvalue weighted by atomic mass is 16.5. The van der Waals surface area contributed by atoms with Gasteiger partial charge in [-0.15, -0.1) is 0 Å². The molecule has 0 unspecified atom stereocenters. The number of pyridine rings is 2. The van der Waals surface area contributed by atoms with Crippen LogP contribution in [-0.2, 0) is 12.8 Å². The van der Waals surface area contributed by atoms with E-state index in [9.17, 15) is 19.8 Å². The molecule has 0 saturated heterocycles. The highest BCUT2D eigenvalue weighted by molar-refractivity contribution is 6.07. The normalized spacial score (nSPS) is 11.8. The van der Waals surface area contributed by atoms with Crippen molar-refractivity contribution in [3.05, 3.63) is 192 Å². The molecule has 0 bridgehead atoms. The van der Waals surface area contributed by atoms with E-state index in [-0.39, 0.29) is 30.7 Å². The largest absolute Gasteiger partial charge is 0.497 e. The number of hydrogen-bond donors (Lipinski definition) is 7. The van der Waals surface area contributed by atoms with Crippen molar-refractivity contribution in [3.8, 4) is 34.0 Å². The van der Waals surface area contributed by atoms with Gasteiger partial charge in [0, 0.05) is 62.1 Å². The maximum atomic E-state index is 13.4. The quantitative estimate of drug-likeness (QED) is 0.0583. The molecule has 0 fully saturated rings. The Bertz CT molecular complexity index is 3380. The summed E-state index contributed by atoms with van der Waals surface area (Å²) in [6.45, 7) is -0.142. The fourth-order valence-electron chi connectivity index (χ4n) is 8.21. The topological polar surface area (TPSA) is 209 Å². The van der Waals surface area contributed by atoms with Crippen LogP contribution in [-0.4, -0.2) is 86.6 Å². The number of carboxylic acids is 1. The van der Waals surface area contributed by atoms with Crippen LogP contribution < -0.4 is 20.5 Å². The number of nitrogens with zero attached hydrogens (tertiary/aromatic N) is 2. The van der Waals surface area contributed by atoms with Gasteiger partial charge in [-0.05, 0) is 84.6 Å². The van der Waals surface area contributed by atoms with Crippen LogP contribution in [0.1, 0.15) is 31.8 Å². The number of hydrogen-bond acceptors (Lipinski definition) is 9. The number of aromatic nitrogens is 4. The summed E-state index contributed by atoms with van der Waals surface area (Å²) in [7, 11) is 3.21. The molecule has 4 heterocycles. The van der Waals surface area contributed by atoms with Crippen molar-refractivity contribution < 1.29 is 34.4 Å². The van der Waals surface area contributed by atoms with E-state index in [1.54, 1.807) is 32.4 Å². The lowest BCUT2D eigenvalue weighted by Gasteiger charge is -2.17. The van der Waals surface area contributed by atoms with Gasteiger partial charge in [-0.2, -0.15) is 0 Å². The summed E-state index contributed by atoms with van der Waals surface area (Å²) in [5.74, 6) is 0.219. The Kier molecular flexibility index (Phi) is 15.0. The number of methoxy groups -OCH3 is 2. The first kappa shape index (κ1) is 47.1. The van der Waals surface area contributed by atoms with Gasteiger partial charge in [0.2, 0.25) is 0 Å². The van der Waals surface area contributed by atoms with E-state index in [2.05, 4.69) is 26.3 Å². The molecule has 0 spiro atoms. The third-order valence-electron chi connectivity index (χ3n) is 11.7. The fourth-order valence-corrected chi connectivity index (χ4v) is 8.21. The molecule has 0 aliphatic heterocycles. The van der Waals surface area contributed by atoms with E-state index < -0.39 is 12.0 Å². The zero-order valence-electron chi connectivity index (χ0n) is 38.1. The van der Waals surface area contributed by atoms with Gasteiger partial charge in [0.15, 0.2) is 0 Å². The van der Waals surface area contributed by atoms with Crippen LogP contribution in [0.2, 0.25) is 0 Å². The number of aromatic amines is 2. The first-order chi connectivity index (χ1) is 33.7. The van der Waals surface area contributed by atoms with Crippen LogP contribution in [0.15, 0.2) is 170 Å². The van der Waals surface area contributed by atoms with Gasteiger partial charge in [-0.1, -0.05) is 97.1 Å². The smallest absolute Gasteiger partial charge is 0.336 e. The van der Waals surface area contributed by atoms with Crippen molar-refractivity contribution in [1.29, 1.82) is 0 Å². The minimum atomic E-state index is -0.960. The maximum absolute atomic E-state index is 13.4. The zero-order valence-corrected chi connectivity index (χ0v) is 38.1. The van der Waals surface area contributed by atoms with Crippen LogP contribution in [0.25, 0.3) is 66.1 Å². The molecule has 13 nitrogen and oxygen atoms in total. The Morgan fingerprint density at radius 2 is 1.04 bits per heavy atom. The van der Waals surface area contributed by atoms with Gasteiger partial charge in [-0.25, -0.2) is 14.8 Å². The lowest BCUT2D eigenvalue weighted by Crippen LogP contribution is -2.39. The number of aliphatic hydroxyl groups is 2. The van der Waals surface area contributed by atoms with Crippen molar-refractivity contribution in [3.63, 3.8) is 0 Å².